The molecule has 0 bridgehead atoms. The number of amides is 1. The summed E-state index contributed by atoms with van der Waals surface area (Å²) in [4.78, 5) is 37.8. The zero-order valence-corrected chi connectivity index (χ0v) is 18.7. The van der Waals surface area contributed by atoms with Crippen LogP contribution in [0.5, 0.6) is 0 Å². The molecule has 32 heavy (non-hydrogen) atoms. The Kier molecular flexibility index (Phi) is 4.96. The van der Waals surface area contributed by atoms with Crippen LogP contribution in [0.3, 0.4) is 0 Å². The van der Waals surface area contributed by atoms with E-state index in [1.807, 2.05) is 30.0 Å². The number of piperazine rings is 1. The second-order valence-corrected chi connectivity index (χ2v) is 8.73. The van der Waals surface area contributed by atoms with Crippen LogP contribution in [0.1, 0.15) is 16.7 Å². The van der Waals surface area contributed by atoms with Crippen molar-refractivity contribution in [2.75, 3.05) is 31.1 Å². The Balaban J connectivity index is 1.32. The number of rotatable bonds is 3. The molecule has 0 atom stereocenters. The number of aromatic nitrogens is 3. The molecule has 3 heterocycles. The first-order valence-electron chi connectivity index (χ1n) is 11.0. The second kappa shape index (κ2) is 7.82. The van der Waals surface area contributed by atoms with E-state index in [2.05, 4.69) is 46.9 Å². The fraction of sp³-hybridized carbons (Fsp3) is 0.320. The Morgan fingerprint density at radius 3 is 2.50 bits per heavy atom. The summed E-state index contributed by atoms with van der Waals surface area (Å²) in [7, 11) is 0. The maximum Gasteiger partial charge on any atom is 0.278 e. The van der Waals surface area contributed by atoms with E-state index in [1.54, 1.807) is 0 Å². The van der Waals surface area contributed by atoms with Crippen molar-refractivity contribution in [3.05, 3.63) is 69.8 Å². The molecule has 0 spiro atoms. The number of anilines is 1. The number of benzene rings is 2. The van der Waals surface area contributed by atoms with Crippen molar-refractivity contribution in [2.45, 2.75) is 27.3 Å². The van der Waals surface area contributed by atoms with Gasteiger partial charge in [0.15, 0.2) is 0 Å². The Morgan fingerprint density at radius 2 is 1.72 bits per heavy atom. The monoisotopic (exact) mass is 429 g/mol. The standard InChI is InChI=1S/C25H27N5O2/c1-16-5-7-20-19(12-16)23-24(27-20)25(32)30(15-26-23)14-22(31)29-10-8-28(9-11-29)21-13-17(2)4-6-18(21)3/h4-7,12-13,15,27H,8-11,14H2,1-3H3. The SMILES string of the molecule is Cc1ccc(C)c(N2CCN(C(=O)Cn3cnc4c([nH]c5ccc(C)cc54)c3=O)CC2)c1. The molecule has 1 saturated heterocycles. The zero-order valence-electron chi connectivity index (χ0n) is 18.7. The van der Waals surface area contributed by atoms with Crippen molar-refractivity contribution in [2.24, 2.45) is 0 Å². The summed E-state index contributed by atoms with van der Waals surface area (Å²) in [6.45, 7) is 9.07. The van der Waals surface area contributed by atoms with E-state index in [1.165, 1.54) is 27.7 Å². The number of nitrogens with zero attached hydrogens (tertiary/aromatic N) is 4. The number of aromatic amines is 1. The zero-order chi connectivity index (χ0) is 22.4. The van der Waals surface area contributed by atoms with Crippen molar-refractivity contribution in [1.29, 1.82) is 0 Å². The van der Waals surface area contributed by atoms with Gasteiger partial charge in [0.05, 0.1) is 6.33 Å². The van der Waals surface area contributed by atoms with Crippen molar-refractivity contribution in [1.82, 2.24) is 19.4 Å². The minimum atomic E-state index is -0.216. The number of nitrogens with one attached hydrogen (secondary N) is 1. The molecule has 1 fully saturated rings. The summed E-state index contributed by atoms with van der Waals surface area (Å²) in [5.74, 6) is -0.0548. The van der Waals surface area contributed by atoms with E-state index in [0.29, 0.717) is 24.1 Å². The summed E-state index contributed by atoms with van der Waals surface area (Å²) >= 11 is 0. The predicted molar refractivity (Wildman–Crippen MR) is 127 cm³/mol. The molecule has 164 valence electrons. The normalized spacial score (nSPS) is 14.5. The molecule has 0 radical (unpaired) electrons. The van der Waals surface area contributed by atoms with Crippen LogP contribution in [-0.2, 0) is 11.3 Å². The summed E-state index contributed by atoms with van der Waals surface area (Å²) in [6, 6.07) is 12.4. The fourth-order valence-corrected chi connectivity index (χ4v) is 4.52. The number of hydrogen-bond donors (Lipinski definition) is 1. The van der Waals surface area contributed by atoms with E-state index < -0.39 is 0 Å². The minimum absolute atomic E-state index is 0.000358. The first-order chi connectivity index (χ1) is 15.4. The molecular weight excluding hydrogens is 402 g/mol. The van der Waals surface area contributed by atoms with Crippen molar-refractivity contribution in [3.8, 4) is 0 Å². The van der Waals surface area contributed by atoms with E-state index >= 15 is 0 Å². The van der Waals surface area contributed by atoms with Gasteiger partial charge < -0.3 is 14.8 Å². The average Bonchev–Trinajstić information content (AvgIpc) is 3.16. The minimum Gasteiger partial charge on any atom is -0.368 e. The van der Waals surface area contributed by atoms with Crippen LogP contribution < -0.4 is 10.5 Å². The summed E-state index contributed by atoms with van der Waals surface area (Å²) in [5, 5.41) is 0.929. The van der Waals surface area contributed by atoms with Crippen LogP contribution in [0.4, 0.5) is 5.69 Å². The topological polar surface area (TPSA) is 74.2 Å². The largest absolute Gasteiger partial charge is 0.368 e. The number of H-pyrrole nitrogens is 1. The summed E-state index contributed by atoms with van der Waals surface area (Å²) < 4.78 is 1.41. The number of aryl methyl sites for hydroxylation is 3. The Hall–Kier alpha value is -3.61. The van der Waals surface area contributed by atoms with Crippen LogP contribution in [-0.4, -0.2) is 51.5 Å². The molecule has 1 aliphatic heterocycles. The molecular formula is C25H27N5O2. The highest BCUT2D eigenvalue weighted by atomic mass is 16.2. The first-order valence-corrected chi connectivity index (χ1v) is 11.0. The smallest absolute Gasteiger partial charge is 0.278 e. The van der Waals surface area contributed by atoms with Gasteiger partial charge in [0.25, 0.3) is 5.56 Å². The van der Waals surface area contributed by atoms with E-state index in [4.69, 9.17) is 0 Å². The molecule has 0 unspecified atom stereocenters. The lowest BCUT2D eigenvalue weighted by Crippen LogP contribution is -2.50. The molecule has 4 aromatic rings. The Labute approximate surface area is 186 Å². The lowest BCUT2D eigenvalue weighted by Gasteiger charge is -2.37. The second-order valence-electron chi connectivity index (χ2n) is 8.73. The van der Waals surface area contributed by atoms with E-state index in [-0.39, 0.29) is 18.0 Å². The van der Waals surface area contributed by atoms with Crippen LogP contribution in [0.15, 0.2) is 47.5 Å². The van der Waals surface area contributed by atoms with Crippen LogP contribution in [0, 0.1) is 20.8 Å². The van der Waals surface area contributed by atoms with E-state index in [9.17, 15) is 9.59 Å². The molecule has 0 saturated carbocycles. The van der Waals surface area contributed by atoms with Gasteiger partial charge in [-0.05, 0) is 50.1 Å². The quantitative estimate of drug-likeness (QED) is 0.543. The molecule has 7 nitrogen and oxygen atoms in total. The van der Waals surface area contributed by atoms with Crippen molar-refractivity contribution in [3.63, 3.8) is 0 Å². The number of fused-ring (bicyclic) bond motifs is 3. The lowest BCUT2D eigenvalue weighted by molar-refractivity contribution is -0.132. The van der Waals surface area contributed by atoms with Gasteiger partial charge >= 0.3 is 0 Å². The molecule has 1 N–H and O–H groups in total. The highest BCUT2D eigenvalue weighted by Crippen LogP contribution is 2.24. The van der Waals surface area contributed by atoms with Crippen molar-refractivity contribution >= 4 is 33.5 Å². The maximum absolute atomic E-state index is 13.0. The molecule has 5 rings (SSSR count). The van der Waals surface area contributed by atoms with Gasteiger partial charge in [-0.1, -0.05) is 23.8 Å². The van der Waals surface area contributed by atoms with Gasteiger partial charge in [-0.3, -0.25) is 14.2 Å². The van der Waals surface area contributed by atoms with Gasteiger partial charge in [0.1, 0.15) is 17.6 Å². The highest BCUT2D eigenvalue weighted by Gasteiger charge is 2.23. The van der Waals surface area contributed by atoms with Gasteiger partial charge in [-0.25, -0.2) is 4.98 Å². The van der Waals surface area contributed by atoms with Gasteiger partial charge in [0, 0.05) is 42.8 Å². The predicted octanol–water partition coefficient (Wildman–Crippen LogP) is 3.15. The van der Waals surface area contributed by atoms with Crippen LogP contribution in [0.25, 0.3) is 21.9 Å². The average molecular weight is 430 g/mol. The summed E-state index contributed by atoms with van der Waals surface area (Å²) in [6.07, 6.45) is 1.49. The Bertz CT molecular complexity index is 1390. The third-order valence-corrected chi connectivity index (χ3v) is 6.37. The molecule has 1 amide bonds. The third-order valence-electron chi connectivity index (χ3n) is 6.37. The van der Waals surface area contributed by atoms with Crippen LogP contribution >= 0.6 is 0 Å². The lowest BCUT2D eigenvalue weighted by atomic mass is 10.1. The molecule has 2 aromatic heterocycles. The van der Waals surface area contributed by atoms with E-state index in [0.717, 1.165) is 29.6 Å². The Morgan fingerprint density at radius 1 is 1.00 bits per heavy atom. The van der Waals surface area contributed by atoms with Crippen molar-refractivity contribution < 1.29 is 4.79 Å². The van der Waals surface area contributed by atoms with Crippen LogP contribution in [0.2, 0.25) is 0 Å². The van der Waals surface area contributed by atoms with Gasteiger partial charge in [0.2, 0.25) is 5.91 Å². The molecule has 0 aliphatic carbocycles. The number of carbonyl (C=O) groups excluding carboxylic acids is 1. The summed E-state index contributed by atoms with van der Waals surface area (Å²) in [5.41, 5.74) is 6.58. The fourth-order valence-electron chi connectivity index (χ4n) is 4.52. The van der Waals surface area contributed by atoms with Gasteiger partial charge in [-0.15, -0.1) is 0 Å². The van der Waals surface area contributed by atoms with Gasteiger partial charge in [-0.2, -0.15) is 0 Å². The first kappa shape index (κ1) is 20.3. The number of carbonyl (C=O) groups is 1. The number of hydrogen-bond acceptors (Lipinski definition) is 4. The molecule has 2 aromatic carbocycles. The third kappa shape index (κ3) is 3.53. The highest BCUT2D eigenvalue weighted by molar-refractivity contribution is 6.04. The molecule has 1 aliphatic rings. The maximum atomic E-state index is 13.0. The molecule has 7 heteroatoms.